The molecule has 3 rings (SSSR count). The lowest BCUT2D eigenvalue weighted by Gasteiger charge is -2.45. The number of nitrogens with one attached hydrogen (secondary N) is 1. The third kappa shape index (κ3) is 3.53. The third-order valence-corrected chi connectivity index (χ3v) is 5.28. The molecular formula is C16H30N2O2. The normalized spacial score (nSPS) is 34.5. The first-order valence-corrected chi connectivity index (χ1v) is 8.44. The number of morpholine rings is 1. The van der Waals surface area contributed by atoms with E-state index in [1.165, 1.54) is 38.5 Å². The molecule has 0 aromatic carbocycles. The Morgan fingerprint density at radius 3 is 2.80 bits per heavy atom. The average molecular weight is 282 g/mol. The van der Waals surface area contributed by atoms with Crippen LogP contribution in [0.15, 0.2) is 0 Å². The van der Waals surface area contributed by atoms with Gasteiger partial charge >= 0.3 is 0 Å². The lowest BCUT2D eigenvalue weighted by atomic mass is 9.89. The molecule has 0 amide bonds. The zero-order chi connectivity index (χ0) is 14.0. The van der Waals surface area contributed by atoms with E-state index in [1.807, 2.05) is 0 Å². The van der Waals surface area contributed by atoms with Crippen molar-refractivity contribution in [1.29, 1.82) is 0 Å². The molecule has 1 saturated heterocycles. The summed E-state index contributed by atoms with van der Waals surface area (Å²) in [5.74, 6) is 0. The largest absolute Gasteiger partial charge is 0.394 e. The number of nitrogens with zero attached hydrogens (tertiary/aromatic N) is 1. The number of aliphatic hydroxyl groups is 1. The van der Waals surface area contributed by atoms with Crippen LogP contribution < -0.4 is 5.32 Å². The van der Waals surface area contributed by atoms with E-state index in [-0.39, 0.29) is 12.1 Å². The van der Waals surface area contributed by atoms with Gasteiger partial charge in [0, 0.05) is 30.7 Å². The maximum Gasteiger partial charge on any atom is 0.0730 e. The van der Waals surface area contributed by atoms with Gasteiger partial charge < -0.3 is 15.2 Å². The molecule has 0 aromatic rings. The van der Waals surface area contributed by atoms with Crippen LogP contribution in [0.5, 0.6) is 0 Å². The highest BCUT2D eigenvalue weighted by Gasteiger charge is 2.36. The Bertz CT molecular complexity index is 320. The zero-order valence-electron chi connectivity index (χ0n) is 12.8. The second-order valence-corrected chi connectivity index (χ2v) is 7.18. The highest BCUT2D eigenvalue weighted by molar-refractivity contribution is 4.94. The van der Waals surface area contributed by atoms with Gasteiger partial charge in [-0.05, 0) is 39.0 Å². The minimum atomic E-state index is -0.108. The smallest absolute Gasteiger partial charge is 0.0730 e. The summed E-state index contributed by atoms with van der Waals surface area (Å²) in [6.07, 6.45) is 9.24. The lowest BCUT2D eigenvalue weighted by molar-refractivity contribution is -0.0901. The van der Waals surface area contributed by atoms with Crippen LogP contribution in [-0.4, -0.2) is 60.0 Å². The summed E-state index contributed by atoms with van der Waals surface area (Å²) in [5, 5.41) is 13.3. The minimum Gasteiger partial charge on any atom is -0.394 e. The van der Waals surface area contributed by atoms with E-state index in [0.29, 0.717) is 18.2 Å². The van der Waals surface area contributed by atoms with Crippen molar-refractivity contribution < 1.29 is 9.84 Å². The Morgan fingerprint density at radius 2 is 2.05 bits per heavy atom. The van der Waals surface area contributed by atoms with Crippen LogP contribution in [-0.2, 0) is 4.74 Å². The fourth-order valence-electron chi connectivity index (χ4n) is 3.76. The van der Waals surface area contributed by atoms with Crippen LogP contribution in [0.2, 0.25) is 0 Å². The van der Waals surface area contributed by atoms with Gasteiger partial charge in [0.15, 0.2) is 0 Å². The molecule has 2 N–H and O–H groups in total. The molecule has 20 heavy (non-hydrogen) atoms. The molecule has 0 bridgehead atoms. The molecule has 2 saturated carbocycles. The van der Waals surface area contributed by atoms with E-state index < -0.39 is 0 Å². The molecule has 3 unspecified atom stereocenters. The SMILES string of the molecule is CC(CO)(CCN1CCOC2CCCCC21)NC1CC1. The fraction of sp³-hybridized carbons (Fsp3) is 1.00. The molecule has 3 aliphatic rings. The number of aliphatic hydroxyl groups excluding tert-OH is 1. The van der Waals surface area contributed by atoms with E-state index in [9.17, 15) is 5.11 Å². The zero-order valence-corrected chi connectivity index (χ0v) is 12.8. The summed E-state index contributed by atoms with van der Waals surface area (Å²) in [7, 11) is 0. The summed E-state index contributed by atoms with van der Waals surface area (Å²) in [5.41, 5.74) is -0.108. The lowest BCUT2D eigenvalue weighted by Crippen LogP contribution is -2.55. The van der Waals surface area contributed by atoms with E-state index in [4.69, 9.17) is 4.74 Å². The molecule has 0 spiro atoms. The molecule has 0 radical (unpaired) electrons. The number of rotatable bonds is 6. The van der Waals surface area contributed by atoms with Crippen LogP contribution in [0.4, 0.5) is 0 Å². The summed E-state index contributed by atoms with van der Waals surface area (Å²) >= 11 is 0. The Labute approximate surface area is 122 Å². The van der Waals surface area contributed by atoms with Gasteiger partial charge in [-0.1, -0.05) is 12.8 Å². The van der Waals surface area contributed by atoms with E-state index in [1.54, 1.807) is 0 Å². The summed E-state index contributed by atoms with van der Waals surface area (Å²) in [6.45, 7) is 5.44. The molecule has 1 aliphatic heterocycles. The molecule has 116 valence electrons. The van der Waals surface area contributed by atoms with Gasteiger partial charge in [0.05, 0.1) is 19.3 Å². The molecule has 0 aromatic heterocycles. The van der Waals surface area contributed by atoms with Crippen molar-refractivity contribution in [2.45, 2.75) is 75.6 Å². The topological polar surface area (TPSA) is 44.7 Å². The first kappa shape index (κ1) is 14.8. The van der Waals surface area contributed by atoms with Crippen molar-refractivity contribution >= 4 is 0 Å². The maximum atomic E-state index is 9.72. The number of hydrogen-bond acceptors (Lipinski definition) is 4. The van der Waals surface area contributed by atoms with Gasteiger partial charge in [0.25, 0.3) is 0 Å². The predicted molar refractivity (Wildman–Crippen MR) is 79.8 cm³/mol. The maximum absolute atomic E-state index is 9.72. The Balaban J connectivity index is 1.52. The van der Waals surface area contributed by atoms with Crippen LogP contribution in [0.3, 0.4) is 0 Å². The van der Waals surface area contributed by atoms with Crippen LogP contribution in [0.25, 0.3) is 0 Å². The molecular weight excluding hydrogens is 252 g/mol. The van der Waals surface area contributed by atoms with Gasteiger partial charge in [-0.3, -0.25) is 4.90 Å². The fourth-order valence-corrected chi connectivity index (χ4v) is 3.76. The molecule has 4 heteroatoms. The van der Waals surface area contributed by atoms with Crippen LogP contribution in [0.1, 0.15) is 51.9 Å². The minimum absolute atomic E-state index is 0.108. The Hall–Kier alpha value is -0.160. The van der Waals surface area contributed by atoms with Crippen molar-refractivity contribution in [1.82, 2.24) is 10.2 Å². The van der Waals surface area contributed by atoms with Crippen LogP contribution >= 0.6 is 0 Å². The van der Waals surface area contributed by atoms with Crippen molar-refractivity contribution in [3.8, 4) is 0 Å². The molecule has 4 nitrogen and oxygen atoms in total. The summed E-state index contributed by atoms with van der Waals surface area (Å²) < 4.78 is 5.94. The van der Waals surface area contributed by atoms with Crippen molar-refractivity contribution in [3.05, 3.63) is 0 Å². The Kier molecular flexibility index (Phi) is 4.65. The number of fused-ring (bicyclic) bond motifs is 1. The van der Waals surface area contributed by atoms with Crippen molar-refractivity contribution in [2.75, 3.05) is 26.3 Å². The first-order valence-electron chi connectivity index (χ1n) is 8.44. The van der Waals surface area contributed by atoms with Crippen LogP contribution in [0, 0.1) is 0 Å². The molecule has 1 heterocycles. The summed E-state index contributed by atoms with van der Waals surface area (Å²) in [6, 6.07) is 1.28. The predicted octanol–water partition coefficient (Wildman–Crippen LogP) is 1.52. The Morgan fingerprint density at radius 1 is 1.25 bits per heavy atom. The van der Waals surface area contributed by atoms with Gasteiger partial charge in [0.2, 0.25) is 0 Å². The highest BCUT2D eigenvalue weighted by Crippen LogP contribution is 2.29. The second-order valence-electron chi connectivity index (χ2n) is 7.18. The molecule has 3 fully saturated rings. The molecule has 2 aliphatic carbocycles. The summed E-state index contributed by atoms with van der Waals surface area (Å²) in [4.78, 5) is 2.62. The van der Waals surface area contributed by atoms with E-state index >= 15 is 0 Å². The monoisotopic (exact) mass is 282 g/mol. The average Bonchev–Trinajstić information content (AvgIpc) is 3.29. The van der Waals surface area contributed by atoms with Crippen molar-refractivity contribution in [3.63, 3.8) is 0 Å². The number of ether oxygens (including phenoxy) is 1. The van der Waals surface area contributed by atoms with Gasteiger partial charge in [-0.15, -0.1) is 0 Å². The second kappa shape index (κ2) is 6.30. The van der Waals surface area contributed by atoms with Crippen molar-refractivity contribution in [2.24, 2.45) is 0 Å². The quantitative estimate of drug-likeness (QED) is 0.775. The number of hydrogen-bond donors (Lipinski definition) is 2. The van der Waals surface area contributed by atoms with E-state index in [0.717, 1.165) is 26.1 Å². The third-order valence-electron chi connectivity index (χ3n) is 5.28. The highest BCUT2D eigenvalue weighted by atomic mass is 16.5. The van der Waals surface area contributed by atoms with E-state index in [2.05, 4.69) is 17.1 Å². The first-order chi connectivity index (χ1) is 9.70. The standard InChI is InChI=1S/C16H30N2O2/c1-16(12-19,17-13-6-7-13)8-9-18-10-11-20-15-5-3-2-4-14(15)18/h13-15,17,19H,2-12H2,1H3. The van der Waals surface area contributed by atoms with Gasteiger partial charge in [-0.25, -0.2) is 0 Å². The molecule has 3 atom stereocenters. The van der Waals surface area contributed by atoms with Gasteiger partial charge in [-0.2, -0.15) is 0 Å². The van der Waals surface area contributed by atoms with Gasteiger partial charge in [0.1, 0.15) is 0 Å².